The summed E-state index contributed by atoms with van der Waals surface area (Å²) in [7, 11) is 0. The van der Waals surface area contributed by atoms with Crippen molar-refractivity contribution in [2.24, 2.45) is 0 Å². The van der Waals surface area contributed by atoms with Crippen LogP contribution >= 0.6 is 11.3 Å². The Kier molecular flexibility index (Phi) is 4.76. The van der Waals surface area contributed by atoms with Gasteiger partial charge in [0.2, 0.25) is 5.91 Å². The molecule has 6 nitrogen and oxygen atoms in total. The molecule has 1 aliphatic rings. The van der Waals surface area contributed by atoms with Crippen LogP contribution in [0.1, 0.15) is 24.2 Å². The van der Waals surface area contributed by atoms with E-state index < -0.39 is 0 Å². The predicted octanol–water partition coefficient (Wildman–Crippen LogP) is 2.54. The molecule has 3 aromatic heterocycles. The van der Waals surface area contributed by atoms with E-state index >= 15 is 0 Å². The molecule has 0 N–H and O–H groups in total. The highest BCUT2D eigenvalue weighted by Gasteiger charge is 2.23. The van der Waals surface area contributed by atoms with Gasteiger partial charge in [0.05, 0.1) is 30.5 Å². The molecular weight excluding hydrogens is 336 g/mol. The van der Waals surface area contributed by atoms with Gasteiger partial charge in [0.15, 0.2) is 4.96 Å². The number of imidazole rings is 1. The molecule has 0 aliphatic carbocycles. The second kappa shape index (κ2) is 7.33. The summed E-state index contributed by atoms with van der Waals surface area (Å²) >= 11 is 1.57. The summed E-state index contributed by atoms with van der Waals surface area (Å²) in [5.74, 6) is 0.0620. The summed E-state index contributed by atoms with van der Waals surface area (Å²) in [5, 5.41) is 1.98. The van der Waals surface area contributed by atoms with Crippen LogP contribution in [0.15, 0.2) is 42.2 Å². The van der Waals surface area contributed by atoms with Crippen molar-refractivity contribution >= 4 is 22.2 Å². The van der Waals surface area contributed by atoms with Crippen LogP contribution in [0.4, 0.5) is 0 Å². The Bertz CT molecular complexity index is 811. The Labute approximate surface area is 150 Å². The molecule has 3 aromatic rings. The molecule has 0 aromatic carbocycles. The molecular formula is C18H20N4O2S. The van der Waals surface area contributed by atoms with Gasteiger partial charge in [-0.15, -0.1) is 11.3 Å². The Morgan fingerprint density at radius 2 is 2.36 bits per heavy atom. The number of hydrogen-bond donors (Lipinski definition) is 0. The molecule has 1 saturated heterocycles. The van der Waals surface area contributed by atoms with Gasteiger partial charge in [-0.3, -0.25) is 14.2 Å². The second-order valence-electron chi connectivity index (χ2n) is 6.23. The normalized spacial score (nSPS) is 17.2. The van der Waals surface area contributed by atoms with Crippen LogP contribution in [-0.4, -0.2) is 44.4 Å². The van der Waals surface area contributed by atoms with Gasteiger partial charge in [0.25, 0.3) is 0 Å². The van der Waals surface area contributed by atoms with E-state index in [9.17, 15) is 4.79 Å². The van der Waals surface area contributed by atoms with Crippen molar-refractivity contribution in [3.8, 4) is 0 Å². The molecule has 1 unspecified atom stereocenters. The fourth-order valence-corrected chi connectivity index (χ4v) is 3.82. The number of pyridine rings is 1. The van der Waals surface area contributed by atoms with E-state index in [4.69, 9.17) is 4.74 Å². The maximum absolute atomic E-state index is 12.9. The van der Waals surface area contributed by atoms with Crippen LogP contribution < -0.4 is 0 Å². The van der Waals surface area contributed by atoms with Crippen molar-refractivity contribution in [3.05, 3.63) is 53.6 Å². The largest absolute Gasteiger partial charge is 0.376 e. The lowest BCUT2D eigenvalue weighted by Crippen LogP contribution is -2.38. The van der Waals surface area contributed by atoms with E-state index in [0.29, 0.717) is 19.5 Å². The number of thiazole rings is 1. The number of fused-ring (bicyclic) bond motifs is 1. The minimum Gasteiger partial charge on any atom is -0.376 e. The van der Waals surface area contributed by atoms with E-state index in [1.165, 1.54) is 0 Å². The molecule has 1 fully saturated rings. The molecule has 1 atom stereocenters. The quantitative estimate of drug-likeness (QED) is 0.681. The first-order valence-corrected chi connectivity index (χ1v) is 9.36. The van der Waals surface area contributed by atoms with Gasteiger partial charge >= 0.3 is 0 Å². The first-order chi connectivity index (χ1) is 12.3. The molecule has 0 saturated carbocycles. The van der Waals surface area contributed by atoms with Crippen LogP contribution in [0, 0.1) is 0 Å². The molecule has 0 radical (unpaired) electrons. The van der Waals surface area contributed by atoms with Crippen LogP contribution in [0.5, 0.6) is 0 Å². The van der Waals surface area contributed by atoms with Crippen LogP contribution in [-0.2, 0) is 22.5 Å². The van der Waals surface area contributed by atoms with Crippen molar-refractivity contribution in [2.45, 2.75) is 31.9 Å². The third kappa shape index (κ3) is 3.88. The first-order valence-electron chi connectivity index (χ1n) is 8.48. The summed E-state index contributed by atoms with van der Waals surface area (Å²) in [6.45, 7) is 1.90. The van der Waals surface area contributed by atoms with Gasteiger partial charge in [-0.05, 0) is 25.0 Å². The van der Waals surface area contributed by atoms with E-state index in [-0.39, 0.29) is 12.0 Å². The number of rotatable bonds is 6. The zero-order valence-corrected chi connectivity index (χ0v) is 14.7. The number of carbonyl (C=O) groups is 1. The highest BCUT2D eigenvalue weighted by molar-refractivity contribution is 7.15. The lowest BCUT2D eigenvalue weighted by Gasteiger charge is -2.25. The molecule has 130 valence electrons. The predicted molar refractivity (Wildman–Crippen MR) is 95.4 cm³/mol. The van der Waals surface area contributed by atoms with Crippen molar-refractivity contribution in [1.82, 2.24) is 19.3 Å². The summed E-state index contributed by atoms with van der Waals surface area (Å²) in [6, 6.07) is 5.77. The van der Waals surface area contributed by atoms with Crippen LogP contribution in [0.25, 0.3) is 4.96 Å². The monoisotopic (exact) mass is 356 g/mol. The van der Waals surface area contributed by atoms with Crippen molar-refractivity contribution in [3.63, 3.8) is 0 Å². The fourth-order valence-electron chi connectivity index (χ4n) is 3.10. The summed E-state index contributed by atoms with van der Waals surface area (Å²) in [5.41, 5.74) is 1.69. The molecule has 4 heterocycles. The topological polar surface area (TPSA) is 59.7 Å². The maximum atomic E-state index is 12.9. The highest BCUT2D eigenvalue weighted by atomic mass is 32.1. The molecule has 0 spiro atoms. The number of hydrogen-bond acceptors (Lipinski definition) is 5. The van der Waals surface area contributed by atoms with Gasteiger partial charge in [0, 0.05) is 37.1 Å². The first kappa shape index (κ1) is 16.2. The standard InChI is InChI=1S/C18H20N4O2S/c23-17(10-15-12-21-7-9-25-18(21)20-15)22(13-16-5-3-8-24-16)11-14-4-1-2-6-19-14/h1-2,4,6-7,9,12,16H,3,5,8,10-11,13H2. The van der Waals surface area contributed by atoms with E-state index in [2.05, 4.69) is 9.97 Å². The second-order valence-corrected chi connectivity index (χ2v) is 7.11. The fraction of sp³-hybridized carbons (Fsp3) is 0.389. The van der Waals surface area contributed by atoms with E-state index in [1.54, 1.807) is 17.5 Å². The number of nitrogens with zero attached hydrogens (tertiary/aromatic N) is 4. The average Bonchev–Trinajstić information content (AvgIpc) is 3.32. The van der Waals surface area contributed by atoms with E-state index in [1.807, 2.05) is 45.3 Å². The maximum Gasteiger partial charge on any atom is 0.229 e. The zero-order chi connectivity index (χ0) is 17.1. The van der Waals surface area contributed by atoms with Crippen LogP contribution in [0.2, 0.25) is 0 Å². The average molecular weight is 356 g/mol. The summed E-state index contributed by atoms with van der Waals surface area (Å²) in [4.78, 5) is 24.5. The number of ether oxygens (including phenoxy) is 1. The SMILES string of the molecule is O=C(Cc1cn2ccsc2n1)N(Cc1ccccn1)CC1CCCO1. The minimum atomic E-state index is 0.0620. The van der Waals surface area contributed by atoms with Crippen molar-refractivity contribution in [1.29, 1.82) is 0 Å². The molecule has 4 rings (SSSR count). The number of amides is 1. The Hall–Kier alpha value is -2.25. The van der Waals surface area contributed by atoms with Gasteiger partial charge < -0.3 is 9.64 Å². The molecule has 1 aliphatic heterocycles. The molecule has 25 heavy (non-hydrogen) atoms. The van der Waals surface area contributed by atoms with Gasteiger partial charge in [-0.25, -0.2) is 4.98 Å². The van der Waals surface area contributed by atoms with Crippen molar-refractivity contribution in [2.75, 3.05) is 13.2 Å². The van der Waals surface area contributed by atoms with Crippen molar-refractivity contribution < 1.29 is 9.53 Å². The summed E-state index contributed by atoms with van der Waals surface area (Å²) in [6.07, 6.45) is 8.13. The molecule has 1 amide bonds. The number of aromatic nitrogens is 3. The van der Waals surface area contributed by atoms with E-state index in [0.717, 1.165) is 35.8 Å². The lowest BCUT2D eigenvalue weighted by atomic mass is 10.2. The zero-order valence-electron chi connectivity index (χ0n) is 13.9. The minimum absolute atomic E-state index is 0.0620. The third-order valence-electron chi connectivity index (χ3n) is 4.36. The Balaban J connectivity index is 1.48. The Morgan fingerprint density at radius 3 is 3.12 bits per heavy atom. The lowest BCUT2D eigenvalue weighted by molar-refractivity contribution is -0.132. The van der Waals surface area contributed by atoms with Gasteiger partial charge in [0.1, 0.15) is 0 Å². The highest BCUT2D eigenvalue weighted by Crippen LogP contribution is 2.17. The third-order valence-corrected chi connectivity index (χ3v) is 5.13. The van der Waals surface area contributed by atoms with Crippen LogP contribution in [0.3, 0.4) is 0 Å². The van der Waals surface area contributed by atoms with Gasteiger partial charge in [-0.2, -0.15) is 0 Å². The molecule has 0 bridgehead atoms. The number of carbonyl (C=O) groups excluding carboxylic acids is 1. The summed E-state index contributed by atoms with van der Waals surface area (Å²) < 4.78 is 7.68. The van der Waals surface area contributed by atoms with Gasteiger partial charge in [-0.1, -0.05) is 6.07 Å². The molecule has 7 heteroatoms. The smallest absolute Gasteiger partial charge is 0.229 e. The Morgan fingerprint density at radius 1 is 1.40 bits per heavy atom.